The molecule has 1 aromatic rings. The number of hydrogen-bond donors (Lipinski definition) is 0. The summed E-state index contributed by atoms with van der Waals surface area (Å²) >= 11 is 0. The van der Waals surface area contributed by atoms with Gasteiger partial charge in [0.15, 0.2) is 0 Å². The highest BCUT2D eigenvalue weighted by molar-refractivity contribution is 5.36. The number of nitrogens with zero attached hydrogens (tertiary/aromatic N) is 1. The number of rotatable bonds is 2. The second kappa shape index (κ2) is 4.10. The molecular weight excluding hydrogens is 222 g/mol. The van der Waals surface area contributed by atoms with E-state index < -0.39 is 0 Å². The molecule has 0 amide bonds. The van der Waals surface area contributed by atoms with Crippen molar-refractivity contribution in [2.45, 2.75) is 51.7 Å². The predicted molar refractivity (Wildman–Crippen MR) is 70.2 cm³/mol. The summed E-state index contributed by atoms with van der Waals surface area (Å²) < 4.78 is 5.91. The van der Waals surface area contributed by atoms with E-state index in [0.29, 0.717) is 6.10 Å². The van der Waals surface area contributed by atoms with Crippen molar-refractivity contribution in [1.29, 1.82) is 5.26 Å². The molecule has 0 spiro atoms. The van der Waals surface area contributed by atoms with Gasteiger partial charge >= 0.3 is 0 Å². The monoisotopic (exact) mass is 241 g/mol. The predicted octanol–water partition coefficient (Wildman–Crippen LogP) is 3.31. The van der Waals surface area contributed by atoms with Crippen molar-refractivity contribution in [3.8, 4) is 6.07 Å². The molecule has 3 unspecified atom stereocenters. The molecule has 2 aliphatic rings. The molecule has 0 aromatic heterocycles. The third kappa shape index (κ3) is 1.66. The molecular formula is C16H19NO. The van der Waals surface area contributed by atoms with Gasteiger partial charge in [-0.25, -0.2) is 0 Å². The molecule has 1 aromatic carbocycles. The van der Waals surface area contributed by atoms with Gasteiger partial charge < -0.3 is 4.74 Å². The van der Waals surface area contributed by atoms with Crippen molar-refractivity contribution in [2.24, 2.45) is 5.41 Å². The van der Waals surface area contributed by atoms with Crippen LogP contribution in [-0.2, 0) is 11.2 Å². The first kappa shape index (κ1) is 11.7. The Bertz CT molecular complexity index is 496. The highest BCUT2D eigenvalue weighted by Gasteiger charge is 2.53. The van der Waals surface area contributed by atoms with Crippen LogP contribution in [0.5, 0.6) is 0 Å². The van der Waals surface area contributed by atoms with E-state index in [9.17, 15) is 5.26 Å². The Labute approximate surface area is 109 Å². The van der Waals surface area contributed by atoms with Gasteiger partial charge in [0.05, 0.1) is 23.7 Å². The fraction of sp³-hybridized carbons (Fsp3) is 0.562. The highest BCUT2D eigenvalue weighted by atomic mass is 16.5. The van der Waals surface area contributed by atoms with Crippen LogP contribution in [0.4, 0.5) is 0 Å². The third-order valence-electron chi connectivity index (χ3n) is 4.68. The van der Waals surface area contributed by atoms with Crippen molar-refractivity contribution in [2.75, 3.05) is 0 Å². The summed E-state index contributed by atoms with van der Waals surface area (Å²) in [6.45, 7) is 4.28. The Hall–Kier alpha value is -1.33. The number of ether oxygens (including phenoxy) is 1. The summed E-state index contributed by atoms with van der Waals surface area (Å²) in [5, 5.41) is 9.65. The molecule has 0 aliphatic carbocycles. The molecule has 2 bridgehead atoms. The second-order valence-corrected chi connectivity index (χ2v) is 5.84. The largest absolute Gasteiger partial charge is 0.373 e. The first-order valence-corrected chi connectivity index (χ1v) is 6.76. The van der Waals surface area contributed by atoms with Crippen molar-refractivity contribution in [3.63, 3.8) is 0 Å². The molecule has 94 valence electrons. The Morgan fingerprint density at radius 1 is 1.33 bits per heavy atom. The van der Waals surface area contributed by atoms with Gasteiger partial charge in [0.2, 0.25) is 0 Å². The average molecular weight is 241 g/mol. The van der Waals surface area contributed by atoms with Gasteiger partial charge in [-0.2, -0.15) is 5.26 Å². The molecule has 2 saturated heterocycles. The average Bonchev–Trinajstić information content (AvgIpc) is 2.95. The zero-order valence-electron chi connectivity index (χ0n) is 11.1. The lowest BCUT2D eigenvalue weighted by molar-refractivity contribution is 0.0787. The Kier molecular flexibility index (Phi) is 2.68. The maximum atomic E-state index is 9.65. The summed E-state index contributed by atoms with van der Waals surface area (Å²) in [4.78, 5) is 0. The molecule has 0 radical (unpaired) electrons. The lowest BCUT2D eigenvalue weighted by atomic mass is 9.70. The fourth-order valence-corrected chi connectivity index (χ4v) is 3.59. The summed E-state index contributed by atoms with van der Waals surface area (Å²) in [7, 11) is 0. The van der Waals surface area contributed by atoms with Gasteiger partial charge in [-0.3, -0.25) is 0 Å². The van der Waals surface area contributed by atoms with Crippen LogP contribution in [0.3, 0.4) is 0 Å². The minimum Gasteiger partial charge on any atom is -0.373 e. The van der Waals surface area contributed by atoms with E-state index in [4.69, 9.17) is 4.74 Å². The third-order valence-corrected chi connectivity index (χ3v) is 4.68. The molecule has 2 heterocycles. The van der Waals surface area contributed by atoms with E-state index in [1.807, 2.05) is 0 Å². The van der Waals surface area contributed by atoms with E-state index in [2.05, 4.69) is 38.1 Å². The topological polar surface area (TPSA) is 33.0 Å². The Morgan fingerprint density at radius 2 is 2.06 bits per heavy atom. The van der Waals surface area contributed by atoms with Crippen LogP contribution in [0.15, 0.2) is 18.2 Å². The highest BCUT2D eigenvalue weighted by Crippen LogP contribution is 2.49. The van der Waals surface area contributed by atoms with Gasteiger partial charge in [0.25, 0.3) is 0 Å². The molecule has 2 fully saturated rings. The van der Waals surface area contributed by atoms with Crippen LogP contribution in [-0.4, -0.2) is 12.2 Å². The quantitative estimate of drug-likeness (QED) is 0.795. The number of nitriles is 1. The molecule has 2 heteroatoms. The molecule has 2 aliphatic heterocycles. The van der Waals surface area contributed by atoms with Crippen molar-refractivity contribution < 1.29 is 4.74 Å². The zero-order valence-corrected chi connectivity index (χ0v) is 11.1. The molecule has 3 atom stereocenters. The summed E-state index contributed by atoms with van der Waals surface area (Å²) in [5.74, 6) is 0. The first-order chi connectivity index (χ1) is 8.64. The fourth-order valence-electron chi connectivity index (χ4n) is 3.59. The Balaban J connectivity index is 1.94. The summed E-state index contributed by atoms with van der Waals surface area (Å²) in [6.07, 6.45) is 4.46. The molecule has 2 nitrogen and oxygen atoms in total. The first-order valence-electron chi connectivity index (χ1n) is 6.76. The SMILES string of the molecule is Cc1cccc(C)c1CC1(C#N)CC2CCC1O2. The number of hydrogen-bond acceptors (Lipinski definition) is 2. The van der Waals surface area contributed by atoms with Gasteiger partial charge in [-0.05, 0) is 56.2 Å². The van der Waals surface area contributed by atoms with Crippen LogP contribution in [0.1, 0.15) is 36.0 Å². The van der Waals surface area contributed by atoms with Gasteiger partial charge in [0.1, 0.15) is 0 Å². The normalized spacial score (nSPS) is 33.6. The van der Waals surface area contributed by atoms with Crippen LogP contribution in [0.25, 0.3) is 0 Å². The van der Waals surface area contributed by atoms with Crippen molar-refractivity contribution >= 4 is 0 Å². The minimum absolute atomic E-state index is 0.159. The molecule has 0 N–H and O–H groups in total. The van der Waals surface area contributed by atoms with Crippen LogP contribution in [0, 0.1) is 30.6 Å². The smallest absolute Gasteiger partial charge is 0.0899 e. The zero-order chi connectivity index (χ0) is 12.8. The van der Waals surface area contributed by atoms with E-state index in [1.54, 1.807) is 0 Å². The van der Waals surface area contributed by atoms with Crippen LogP contribution in [0.2, 0.25) is 0 Å². The maximum absolute atomic E-state index is 9.65. The van der Waals surface area contributed by atoms with Gasteiger partial charge in [0, 0.05) is 0 Å². The van der Waals surface area contributed by atoms with Crippen molar-refractivity contribution in [3.05, 3.63) is 34.9 Å². The molecule has 0 saturated carbocycles. The lowest BCUT2D eigenvalue weighted by Crippen LogP contribution is -2.33. The van der Waals surface area contributed by atoms with E-state index in [0.717, 1.165) is 25.7 Å². The van der Waals surface area contributed by atoms with E-state index in [1.165, 1.54) is 16.7 Å². The second-order valence-electron chi connectivity index (χ2n) is 5.84. The Morgan fingerprint density at radius 3 is 2.56 bits per heavy atom. The van der Waals surface area contributed by atoms with E-state index in [-0.39, 0.29) is 11.5 Å². The van der Waals surface area contributed by atoms with E-state index >= 15 is 0 Å². The number of aryl methyl sites for hydroxylation is 2. The van der Waals surface area contributed by atoms with Crippen LogP contribution >= 0.6 is 0 Å². The van der Waals surface area contributed by atoms with Gasteiger partial charge in [-0.15, -0.1) is 0 Å². The molecule has 18 heavy (non-hydrogen) atoms. The number of benzene rings is 1. The van der Waals surface area contributed by atoms with Crippen molar-refractivity contribution in [1.82, 2.24) is 0 Å². The maximum Gasteiger partial charge on any atom is 0.0899 e. The van der Waals surface area contributed by atoms with Gasteiger partial charge in [-0.1, -0.05) is 18.2 Å². The summed E-state index contributed by atoms with van der Waals surface area (Å²) in [6, 6.07) is 8.96. The minimum atomic E-state index is -0.278. The molecule has 3 rings (SSSR count). The number of fused-ring (bicyclic) bond motifs is 2. The van der Waals surface area contributed by atoms with Crippen LogP contribution < -0.4 is 0 Å². The standard InChI is InChI=1S/C16H19NO/c1-11-4-3-5-12(2)14(11)9-16(10-17)8-13-6-7-15(16)18-13/h3-5,13,15H,6-9H2,1-2H3. The lowest BCUT2D eigenvalue weighted by Gasteiger charge is -2.29. The summed E-state index contributed by atoms with van der Waals surface area (Å²) in [5.41, 5.74) is 3.66.